The molecule has 1 N–H and O–H groups in total. The van der Waals surface area contributed by atoms with E-state index in [0.29, 0.717) is 0 Å². The highest BCUT2D eigenvalue weighted by Crippen LogP contribution is 2.13. The number of carbonyl (C=O) groups is 2. The molecule has 0 spiro atoms. The number of pyridine rings is 1. The lowest BCUT2D eigenvalue weighted by Crippen LogP contribution is -2.35. The summed E-state index contributed by atoms with van der Waals surface area (Å²) in [5.41, 5.74) is 0.0204. The first-order valence-electron chi connectivity index (χ1n) is 4.98. The number of hydrogen-bond donors (Lipinski definition) is 1. The van der Waals surface area contributed by atoms with Gasteiger partial charge in [-0.05, 0) is 13.0 Å². The summed E-state index contributed by atoms with van der Waals surface area (Å²) in [7, 11) is 3.24. The number of aromatic carboxylic acids is 1. The lowest BCUT2D eigenvalue weighted by molar-refractivity contribution is -0.135. The van der Waals surface area contributed by atoms with Crippen LogP contribution in [0.2, 0.25) is 0 Å². The van der Waals surface area contributed by atoms with Crippen LogP contribution in [0, 0.1) is 0 Å². The van der Waals surface area contributed by atoms with Crippen molar-refractivity contribution in [2.75, 3.05) is 14.1 Å². The monoisotopic (exact) mass is 238 g/mol. The van der Waals surface area contributed by atoms with Gasteiger partial charge >= 0.3 is 5.97 Å². The number of aromatic nitrogens is 1. The standard InChI is InChI=1S/C11H14N2O4/c1-7(10(14)13(2)3)17-9-4-8(11(15)16)5-12-6-9/h4-7H,1-3H3,(H,15,16). The average Bonchev–Trinajstić information content (AvgIpc) is 2.28. The van der Waals surface area contributed by atoms with E-state index in [2.05, 4.69) is 4.98 Å². The van der Waals surface area contributed by atoms with Gasteiger partial charge in [0.15, 0.2) is 6.10 Å². The molecule has 1 aromatic heterocycles. The number of amides is 1. The van der Waals surface area contributed by atoms with E-state index in [1.54, 1.807) is 21.0 Å². The second-order valence-electron chi connectivity index (χ2n) is 3.71. The number of carbonyl (C=O) groups excluding carboxylic acids is 1. The maximum atomic E-state index is 11.5. The van der Waals surface area contributed by atoms with Crippen LogP contribution in [0.4, 0.5) is 0 Å². The van der Waals surface area contributed by atoms with Gasteiger partial charge < -0.3 is 14.7 Å². The molecule has 1 rings (SSSR count). The molecular formula is C11H14N2O4. The molecule has 1 heterocycles. The minimum atomic E-state index is -1.09. The summed E-state index contributed by atoms with van der Waals surface area (Å²) in [6.07, 6.45) is 1.90. The Kier molecular flexibility index (Phi) is 4.03. The van der Waals surface area contributed by atoms with E-state index in [0.717, 1.165) is 0 Å². The van der Waals surface area contributed by atoms with Crippen LogP contribution < -0.4 is 4.74 Å². The highest BCUT2D eigenvalue weighted by atomic mass is 16.5. The average molecular weight is 238 g/mol. The van der Waals surface area contributed by atoms with Gasteiger partial charge in [-0.1, -0.05) is 0 Å². The zero-order valence-electron chi connectivity index (χ0n) is 9.88. The van der Waals surface area contributed by atoms with E-state index in [1.807, 2.05) is 0 Å². The molecule has 1 atom stereocenters. The smallest absolute Gasteiger partial charge is 0.337 e. The second kappa shape index (κ2) is 5.29. The SMILES string of the molecule is CC(Oc1cncc(C(=O)O)c1)C(=O)N(C)C. The van der Waals surface area contributed by atoms with Gasteiger partial charge in [-0.25, -0.2) is 4.79 Å². The molecular weight excluding hydrogens is 224 g/mol. The van der Waals surface area contributed by atoms with Crippen LogP contribution in [-0.2, 0) is 4.79 Å². The van der Waals surface area contributed by atoms with Gasteiger partial charge in [0, 0.05) is 20.3 Å². The molecule has 0 bridgehead atoms. The third kappa shape index (κ3) is 3.44. The molecule has 0 saturated heterocycles. The van der Waals surface area contributed by atoms with Crippen molar-refractivity contribution in [3.05, 3.63) is 24.0 Å². The normalized spacial score (nSPS) is 11.7. The van der Waals surface area contributed by atoms with Crippen molar-refractivity contribution in [3.8, 4) is 5.75 Å². The van der Waals surface area contributed by atoms with E-state index in [1.165, 1.54) is 23.4 Å². The van der Waals surface area contributed by atoms with Crippen LogP contribution in [0.3, 0.4) is 0 Å². The fourth-order valence-electron chi connectivity index (χ4n) is 1.22. The van der Waals surface area contributed by atoms with Gasteiger partial charge in [0.05, 0.1) is 11.8 Å². The molecule has 0 saturated carbocycles. The van der Waals surface area contributed by atoms with Crippen LogP contribution in [-0.4, -0.2) is 47.1 Å². The summed E-state index contributed by atoms with van der Waals surface area (Å²) in [6.45, 7) is 1.59. The number of ether oxygens (including phenoxy) is 1. The zero-order valence-corrected chi connectivity index (χ0v) is 9.88. The van der Waals surface area contributed by atoms with Crippen LogP contribution in [0.1, 0.15) is 17.3 Å². The predicted octanol–water partition coefficient (Wildman–Crippen LogP) is 0.635. The van der Waals surface area contributed by atoms with Crippen molar-refractivity contribution in [2.24, 2.45) is 0 Å². The first-order valence-corrected chi connectivity index (χ1v) is 4.98. The maximum absolute atomic E-state index is 11.5. The van der Waals surface area contributed by atoms with Crippen LogP contribution in [0.15, 0.2) is 18.5 Å². The van der Waals surface area contributed by atoms with Gasteiger partial charge in [-0.3, -0.25) is 9.78 Å². The fraction of sp³-hybridized carbons (Fsp3) is 0.364. The first-order chi connectivity index (χ1) is 7.91. The van der Waals surface area contributed by atoms with Gasteiger partial charge in [-0.2, -0.15) is 0 Å². The summed E-state index contributed by atoms with van der Waals surface area (Å²) in [5.74, 6) is -1.03. The fourth-order valence-corrected chi connectivity index (χ4v) is 1.22. The van der Waals surface area contributed by atoms with Crippen LogP contribution in [0.5, 0.6) is 5.75 Å². The molecule has 0 aromatic carbocycles. The minimum absolute atomic E-state index is 0.0204. The third-order valence-corrected chi connectivity index (χ3v) is 2.06. The molecule has 0 fully saturated rings. The van der Waals surface area contributed by atoms with Crippen molar-refractivity contribution >= 4 is 11.9 Å². The third-order valence-electron chi connectivity index (χ3n) is 2.06. The van der Waals surface area contributed by atoms with E-state index >= 15 is 0 Å². The van der Waals surface area contributed by atoms with E-state index in [9.17, 15) is 9.59 Å². The lowest BCUT2D eigenvalue weighted by atomic mass is 10.3. The highest BCUT2D eigenvalue weighted by molar-refractivity contribution is 5.87. The Bertz CT molecular complexity index is 431. The molecule has 17 heavy (non-hydrogen) atoms. The van der Waals surface area contributed by atoms with Crippen molar-refractivity contribution in [2.45, 2.75) is 13.0 Å². The molecule has 1 unspecified atom stereocenters. The Balaban J connectivity index is 2.78. The number of rotatable bonds is 4. The zero-order chi connectivity index (χ0) is 13.0. The molecule has 6 heteroatoms. The maximum Gasteiger partial charge on any atom is 0.337 e. The number of hydrogen-bond acceptors (Lipinski definition) is 4. The Morgan fingerprint density at radius 1 is 1.41 bits per heavy atom. The van der Waals surface area contributed by atoms with Crippen LogP contribution in [0.25, 0.3) is 0 Å². The van der Waals surface area contributed by atoms with Crippen LogP contribution >= 0.6 is 0 Å². The van der Waals surface area contributed by atoms with Crippen molar-refractivity contribution in [3.63, 3.8) is 0 Å². The second-order valence-corrected chi connectivity index (χ2v) is 3.71. The first kappa shape index (κ1) is 13.0. The summed E-state index contributed by atoms with van der Waals surface area (Å²) < 4.78 is 5.31. The van der Waals surface area contributed by atoms with E-state index in [-0.39, 0.29) is 17.2 Å². The molecule has 0 aliphatic carbocycles. The Morgan fingerprint density at radius 2 is 2.06 bits per heavy atom. The largest absolute Gasteiger partial charge is 0.479 e. The molecule has 92 valence electrons. The topological polar surface area (TPSA) is 79.7 Å². The van der Waals surface area contributed by atoms with Crippen molar-refractivity contribution < 1.29 is 19.4 Å². The number of carboxylic acid groups (broad SMARTS) is 1. The number of likely N-dealkylation sites (N-methyl/N-ethyl adjacent to an activating group) is 1. The van der Waals surface area contributed by atoms with Gasteiger partial charge in [0.25, 0.3) is 5.91 Å². The number of carboxylic acids is 1. The van der Waals surface area contributed by atoms with E-state index < -0.39 is 12.1 Å². The van der Waals surface area contributed by atoms with Crippen molar-refractivity contribution in [1.29, 1.82) is 0 Å². The quantitative estimate of drug-likeness (QED) is 0.832. The predicted molar refractivity (Wildman–Crippen MR) is 60.0 cm³/mol. The van der Waals surface area contributed by atoms with E-state index in [4.69, 9.17) is 9.84 Å². The summed E-state index contributed by atoms with van der Waals surface area (Å²) in [5, 5.41) is 8.77. The molecule has 1 amide bonds. The summed E-state index contributed by atoms with van der Waals surface area (Å²) in [4.78, 5) is 27.4. The lowest BCUT2D eigenvalue weighted by Gasteiger charge is -2.18. The Labute approximate surface area is 98.8 Å². The van der Waals surface area contributed by atoms with Crippen molar-refractivity contribution in [1.82, 2.24) is 9.88 Å². The Morgan fingerprint density at radius 3 is 2.59 bits per heavy atom. The van der Waals surface area contributed by atoms with Gasteiger partial charge in [0.2, 0.25) is 0 Å². The summed E-state index contributed by atoms with van der Waals surface area (Å²) in [6, 6.07) is 1.33. The Hall–Kier alpha value is -2.11. The van der Waals surface area contributed by atoms with Gasteiger partial charge in [-0.15, -0.1) is 0 Å². The molecule has 1 aromatic rings. The van der Waals surface area contributed by atoms with Gasteiger partial charge in [0.1, 0.15) is 5.75 Å². The summed E-state index contributed by atoms with van der Waals surface area (Å²) >= 11 is 0. The minimum Gasteiger partial charge on any atom is -0.479 e. The molecule has 0 aliphatic rings. The number of nitrogens with zero attached hydrogens (tertiary/aromatic N) is 2. The molecule has 6 nitrogen and oxygen atoms in total. The molecule has 0 radical (unpaired) electrons. The molecule has 0 aliphatic heterocycles. The highest BCUT2D eigenvalue weighted by Gasteiger charge is 2.17.